The van der Waals surface area contributed by atoms with E-state index in [1.54, 1.807) is 0 Å². The molecule has 0 saturated heterocycles. The molecular formula is C10H12ClN. The van der Waals surface area contributed by atoms with Gasteiger partial charge in [-0.15, -0.1) is 0 Å². The maximum Gasteiger partial charge on any atom is 0.0435 e. The fourth-order valence-corrected chi connectivity index (χ4v) is 1.61. The van der Waals surface area contributed by atoms with E-state index in [-0.39, 0.29) is 0 Å². The summed E-state index contributed by atoms with van der Waals surface area (Å²) in [7, 11) is 0. The van der Waals surface area contributed by atoms with Gasteiger partial charge in [0.15, 0.2) is 0 Å². The molecule has 1 nitrogen and oxygen atoms in total. The Kier molecular flexibility index (Phi) is 1.85. The van der Waals surface area contributed by atoms with Gasteiger partial charge in [0.05, 0.1) is 0 Å². The molecule has 2 atom stereocenters. The lowest BCUT2D eigenvalue weighted by Gasteiger charge is -2.01. The Bertz CT molecular complexity index is 309. The van der Waals surface area contributed by atoms with Gasteiger partial charge in [0, 0.05) is 17.0 Å². The average Bonchev–Trinajstić information content (AvgIpc) is 2.73. The van der Waals surface area contributed by atoms with Crippen molar-refractivity contribution in [1.82, 2.24) is 0 Å². The lowest BCUT2D eigenvalue weighted by atomic mass is 10.1. The summed E-state index contributed by atoms with van der Waals surface area (Å²) in [5.74, 6) is 0.584. The van der Waals surface area contributed by atoms with Crippen molar-refractivity contribution in [3.63, 3.8) is 0 Å². The molecule has 0 spiro atoms. The summed E-state index contributed by atoms with van der Waals surface area (Å²) in [6.45, 7) is 2.03. The third-order valence-corrected chi connectivity index (χ3v) is 2.87. The van der Waals surface area contributed by atoms with Crippen LogP contribution < -0.4 is 5.73 Å². The first-order valence-corrected chi connectivity index (χ1v) is 4.58. The summed E-state index contributed by atoms with van der Waals surface area (Å²) in [6, 6.07) is 6.55. The summed E-state index contributed by atoms with van der Waals surface area (Å²) < 4.78 is 0. The number of benzene rings is 1. The molecule has 0 radical (unpaired) electrons. The van der Waals surface area contributed by atoms with Crippen LogP contribution >= 0.6 is 11.6 Å². The van der Waals surface area contributed by atoms with Crippen molar-refractivity contribution in [3.8, 4) is 0 Å². The van der Waals surface area contributed by atoms with E-state index in [4.69, 9.17) is 17.3 Å². The Morgan fingerprint density at radius 1 is 1.50 bits per heavy atom. The van der Waals surface area contributed by atoms with Gasteiger partial charge in [0.1, 0.15) is 0 Å². The number of hydrogen-bond acceptors (Lipinski definition) is 1. The number of nitrogens with two attached hydrogens (primary N) is 1. The number of hydrogen-bond donors (Lipinski definition) is 1. The second-order valence-corrected chi connectivity index (χ2v) is 3.92. The van der Waals surface area contributed by atoms with Crippen LogP contribution in [-0.4, -0.2) is 6.04 Å². The van der Waals surface area contributed by atoms with E-state index in [9.17, 15) is 0 Å². The smallest absolute Gasteiger partial charge is 0.0435 e. The molecule has 2 rings (SSSR count). The van der Waals surface area contributed by atoms with E-state index >= 15 is 0 Å². The SMILES string of the molecule is Cc1cc(C2CC2N)ccc1Cl. The summed E-state index contributed by atoms with van der Waals surface area (Å²) in [5.41, 5.74) is 8.24. The molecule has 1 aromatic carbocycles. The van der Waals surface area contributed by atoms with Gasteiger partial charge in [-0.25, -0.2) is 0 Å². The van der Waals surface area contributed by atoms with Crippen LogP contribution in [0.3, 0.4) is 0 Å². The molecule has 1 fully saturated rings. The lowest BCUT2D eigenvalue weighted by molar-refractivity contribution is 0.988. The van der Waals surface area contributed by atoms with Gasteiger partial charge >= 0.3 is 0 Å². The van der Waals surface area contributed by atoms with E-state index in [1.165, 1.54) is 5.56 Å². The maximum absolute atomic E-state index is 5.91. The average molecular weight is 182 g/mol. The summed E-state index contributed by atoms with van der Waals surface area (Å²) in [5, 5.41) is 0.841. The number of aryl methyl sites for hydroxylation is 1. The molecule has 1 saturated carbocycles. The largest absolute Gasteiger partial charge is 0.327 e. The molecule has 1 aliphatic rings. The van der Waals surface area contributed by atoms with E-state index in [0.717, 1.165) is 17.0 Å². The Morgan fingerprint density at radius 2 is 2.17 bits per heavy atom. The molecule has 0 bridgehead atoms. The van der Waals surface area contributed by atoms with Gasteiger partial charge in [-0.2, -0.15) is 0 Å². The Morgan fingerprint density at radius 3 is 2.67 bits per heavy atom. The first kappa shape index (κ1) is 8.09. The van der Waals surface area contributed by atoms with Crippen LogP contribution in [0.4, 0.5) is 0 Å². The standard InChI is InChI=1S/C10H12ClN/c1-6-4-7(2-3-9(6)11)8-5-10(8)12/h2-4,8,10H,5,12H2,1H3. The summed E-state index contributed by atoms with van der Waals surface area (Å²) >= 11 is 5.91. The Balaban J connectivity index is 2.29. The van der Waals surface area contributed by atoms with Crippen LogP contribution in [0.1, 0.15) is 23.5 Å². The normalized spacial score (nSPS) is 27.2. The molecule has 1 aromatic rings. The van der Waals surface area contributed by atoms with Crippen molar-refractivity contribution >= 4 is 11.6 Å². The molecule has 0 aliphatic heterocycles. The van der Waals surface area contributed by atoms with Crippen molar-refractivity contribution in [2.24, 2.45) is 5.73 Å². The quantitative estimate of drug-likeness (QED) is 0.708. The van der Waals surface area contributed by atoms with Crippen molar-refractivity contribution < 1.29 is 0 Å². The van der Waals surface area contributed by atoms with Gasteiger partial charge in [-0.05, 0) is 30.5 Å². The van der Waals surface area contributed by atoms with Crippen LogP contribution in [0.2, 0.25) is 5.02 Å². The topological polar surface area (TPSA) is 26.0 Å². The number of rotatable bonds is 1. The maximum atomic E-state index is 5.91. The minimum Gasteiger partial charge on any atom is -0.327 e. The molecule has 2 heteroatoms. The van der Waals surface area contributed by atoms with Crippen molar-refractivity contribution in [1.29, 1.82) is 0 Å². The van der Waals surface area contributed by atoms with Crippen LogP contribution in [0, 0.1) is 6.92 Å². The highest BCUT2D eigenvalue weighted by molar-refractivity contribution is 6.31. The minimum absolute atomic E-state index is 0.380. The Hall–Kier alpha value is -0.530. The highest BCUT2D eigenvalue weighted by Crippen LogP contribution is 2.39. The molecule has 64 valence electrons. The van der Waals surface area contributed by atoms with Crippen LogP contribution in [0.15, 0.2) is 18.2 Å². The van der Waals surface area contributed by atoms with Gasteiger partial charge in [-0.1, -0.05) is 23.7 Å². The van der Waals surface area contributed by atoms with Crippen LogP contribution in [0.25, 0.3) is 0 Å². The monoisotopic (exact) mass is 181 g/mol. The third-order valence-electron chi connectivity index (χ3n) is 2.45. The van der Waals surface area contributed by atoms with Gasteiger partial charge < -0.3 is 5.73 Å². The fourth-order valence-electron chi connectivity index (χ4n) is 1.50. The second kappa shape index (κ2) is 2.75. The lowest BCUT2D eigenvalue weighted by Crippen LogP contribution is -2.00. The minimum atomic E-state index is 0.380. The molecule has 0 amide bonds. The van der Waals surface area contributed by atoms with Crippen LogP contribution in [-0.2, 0) is 0 Å². The first-order chi connectivity index (χ1) is 5.68. The third kappa shape index (κ3) is 1.35. The molecule has 2 N–H and O–H groups in total. The molecule has 1 aliphatic carbocycles. The second-order valence-electron chi connectivity index (χ2n) is 3.51. The highest BCUT2D eigenvalue weighted by Gasteiger charge is 2.34. The summed E-state index contributed by atoms with van der Waals surface area (Å²) in [4.78, 5) is 0. The van der Waals surface area contributed by atoms with Gasteiger partial charge in [0.25, 0.3) is 0 Å². The van der Waals surface area contributed by atoms with Crippen molar-refractivity contribution in [2.45, 2.75) is 25.3 Å². The van der Waals surface area contributed by atoms with E-state index in [2.05, 4.69) is 12.1 Å². The van der Waals surface area contributed by atoms with Crippen molar-refractivity contribution in [3.05, 3.63) is 34.3 Å². The zero-order valence-electron chi connectivity index (χ0n) is 7.05. The predicted molar refractivity (Wildman–Crippen MR) is 51.5 cm³/mol. The molecular weight excluding hydrogens is 170 g/mol. The van der Waals surface area contributed by atoms with Crippen LogP contribution in [0.5, 0.6) is 0 Å². The zero-order valence-corrected chi connectivity index (χ0v) is 7.81. The predicted octanol–water partition coefficient (Wildman–Crippen LogP) is 2.46. The first-order valence-electron chi connectivity index (χ1n) is 4.20. The van der Waals surface area contributed by atoms with E-state index < -0.39 is 0 Å². The molecule has 0 aromatic heterocycles. The molecule has 0 heterocycles. The zero-order chi connectivity index (χ0) is 8.72. The van der Waals surface area contributed by atoms with E-state index in [0.29, 0.717) is 12.0 Å². The van der Waals surface area contributed by atoms with Gasteiger partial charge in [0.2, 0.25) is 0 Å². The Labute approximate surface area is 77.5 Å². The molecule has 2 unspecified atom stereocenters. The van der Waals surface area contributed by atoms with E-state index in [1.807, 2.05) is 13.0 Å². The van der Waals surface area contributed by atoms with Crippen molar-refractivity contribution in [2.75, 3.05) is 0 Å². The van der Waals surface area contributed by atoms with Gasteiger partial charge in [-0.3, -0.25) is 0 Å². The summed E-state index contributed by atoms with van der Waals surface area (Å²) in [6.07, 6.45) is 1.13. The molecule has 12 heavy (non-hydrogen) atoms. The highest BCUT2D eigenvalue weighted by atomic mass is 35.5. The number of halogens is 1. The fraction of sp³-hybridized carbons (Fsp3) is 0.400.